The number of rotatable bonds is 2. The van der Waals surface area contributed by atoms with Crippen LogP contribution < -0.4 is 5.32 Å². The van der Waals surface area contributed by atoms with Crippen LogP contribution in [0.25, 0.3) is 0 Å². The van der Waals surface area contributed by atoms with Crippen molar-refractivity contribution in [3.05, 3.63) is 22.4 Å². The van der Waals surface area contributed by atoms with Gasteiger partial charge >= 0.3 is 0 Å². The first kappa shape index (κ1) is 12.8. The van der Waals surface area contributed by atoms with Gasteiger partial charge in [-0.05, 0) is 41.7 Å². The molecule has 20 heavy (non-hydrogen) atoms. The molecule has 3 fully saturated rings. The lowest BCUT2D eigenvalue weighted by Crippen LogP contribution is -2.45. The maximum Gasteiger partial charge on any atom is 0.244 e. The molecule has 2 aliphatic heterocycles. The molecule has 1 aromatic rings. The molecule has 4 nitrogen and oxygen atoms in total. The molecule has 1 aliphatic carbocycles. The van der Waals surface area contributed by atoms with Crippen molar-refractivity contribution in [1.82, 2.24) is 10.2 Å². The number of amides is 1. The Morgan fingerprint density at radius 1 is 1.40 bits per heavy atom. The van der Waals surface area contributed by atoms with E-state index in [0.29, 0.717) is 12.5 Å². The third-order valence-corrected chi connectivity index (χ3v) is 5.65. The maximum atomic E-state index is 13.0. The van der Waals surface area contributed by atoms with Gasteiger partial charge in [-0.2, -0.15) is 11.3 Å². The second-order valence-electron chi connectivity index (χ2n) is 6.12. The Labute approximate surface area is 123 Å². The molecule has 5 heteroatoms. The summed E-state index contributed by atoms with van der Waals surface area (Å²) in [4.78, 5) is 15.1. The SMILES string of the molecule is O=C1N(C2CCOC2)C(c2ccsc2)NC12CCCC2. The highest BCUT2D eigenvalue weighted by atomic mass is 32.1. The predicted molar refractivity (Wildman–Crippen MR) is 77.5 cm³/mol. The van der Waals surface area contributed by atoms with Crippen molar-refractivity contribution < 1.29 is 9.53 Å². The lowest BCUT2D eigenvalue weighted by atomic mass is 9.97. The van der Waals surface area contributed by atoms with Crippen molar-refractivity contribution in [1.29, 1.82) is 0 Å². The van der Waals surface area contributed by atoms with Crippen molar-refractivity contribution >= 4 is 17.2 Å². The maximum absolute atomic E-state index is 13.0. The minimum absolute atomic E-state index is 0.0403. The van der Waals surface area contributed by atoms with Crippen LogP contribution >= 0.6 is 11.3 Å². The molecule has 3 heterocycles. The molecule has 2 saturated heterocycles. The fourth-order valence-electron chi connectivity index (χ4n) is 3.89. The van der Waals surface area contributed by atoms with E-state index < -0.39 is 0 Å². The van der Waals surface area contributed by atoms with Crippen molar-refractivity contribution in [2.45, 2.75) is 49.9 Å². The number of nitrogens with zero attached hydrogens (tertiary/aromatic N) is 1. The number of carbonyl (C=O) groups is 1. The van der Waals surface area contributed by atoms with Crippen LogP contribution in [0.1, 0.15) is 43.8 Å². The summed E-state index contributed by atoms with van der Waals surface area (Å²) in [5.74, 6) is 0.307. The summed E-state index contributed by atoms with van der Waals surface area (Å²) < 4.78 is 5.52. The van der Waals surface area contributed by atoms with E-state index in [9.17, 15) is 4.79 Å². The van der Waals surface area contributed by atoms with E-state index >= 15 is 0 Å². The van der Waals surface area contributed by atoms with Crippen molar-refractivity contribution in [2.24, 2.45) is 0 Å². The standard InChI is InChI=1S/C15H20N2O2S/c18-14-15(5-1-2-6-15)16-13(11-4-8-20-10-11)17(14)12-3-7-19-9-12/h4,8,10,12-13,16H,1-3,5-7,9H2. The Bertz CT molecular complexity index is 490. The molecule has 1 amide bonds. The minimum atomic E-state index is -0.296. The highest BCUT2D eigenvalue weighted by Gasteiger charge is 2.54. The molecule has 1 saturated carbocycles. The van der Waals surface area contributed by atoms with Crippen LogP contribution in [0.15, 0.2) is 16.8 Å². The minimum Gasteiger partial charge on any atom is -0.379 e. The Hall–Kier alpha value is -0.910. The van der Waals surface area contributed by atoms with E-state index in [1.165, 1.54) is 5.56 Å². The van der Waals surface area contributed by atoms with Crippen molar-refractivity contribution in [3.63, 3.8) is 0 Å². The molecule has 2 unspecified atom stereocenters. The first-order chi connectivity index (χ1) is 9.80. The first-order valence-electron chi connectivity index (χ1n) is 7.50. The van der Waals surface area contributed by atoms with Gasteiger partial charge in [0.15, 0.2) is 0 Å². The van der Waals surface area contributed by atoms with Gasteiger partial charge in [-0.1, -0.05) is 12.8 Å². The van der Waals surface area contributed by atoms with Gasteiger partial charge in [-0.3, -0.25) is 10.1 Å². The van der Waals surface area contributed by atoms with E-state index in [1.54, 1.807) is 11.3 Å². The molecule has 0 radical (unpaired) electrons. The van der Waals surface area contributed by atoms with Crippen LogP contribution in [0.2, 0.25) is 0 Å². The molecular formula is C15H20N2O2S. The quantitative estimate of drug-likeness (QED) is 0.909. The van der Waals surface area contributed by atoms with Gasteiger partial charge in [0.25, 0.3) is 0 Å². The van der Waals surface area contributed by atoms with Crippen LogP contribution in [0.5, 0.6) is 0 Å². The summed E-state index contributed by atoms with van der Waals surface area (Å²) in [6.07, 6.45) is 5.28. The lowest BCUT2D eigenvalue weighted by Gasteiger charge is -2.29. The van der Waals surface area contributed by atoms with Gasteiger partial charge in [-0.15, -0.1) is 0 Å². The van der Waals surface area contributed by atoms with Crippen LogP contribution in [0.3, 0.4) is 0 Å². The fraction of sp³-hybridized carbons (Fsp3) is 0.667. The van der Waals surface area contributed by atoms with Gasteiger partial charge in [0.1, 0.15) is 6.17 Å². The topological polar surface area (TPSA) is 41.6 Å². The second-order valence-corrected chi connectivity index (χ2v) is 6.90. The average Bonchev–Trinajstić information content (AvgIpc) is 3.21. The Morgan fingerprint density at radius 2 is 2.25 bits per heavy atom. The molecule has 1 aromatic heterocycles. The summed E-state index contributed by atoms with van der Waals surface area (Å²) in [7, 11) is 0. The number of hydrogen-bond acceptors (Lipinski definition) is 4. The number of nitrogens with one attached hydrogen (secondary N) is 1. The summed E-state index contributed by atoms with van der Waals surface area (Å²) in [6, 6.07) is 2.37. The fourth-order valence-corrected chi connectivity index (χ4v) is 4.57. The molecule has 0 aromatic carbocycles. The third-order valence-electron chi connectivity index (χ3n) is 4.95. The third kappa shape index (κ3) is 1.84. The molecule has 4 rings (SSSR count). The van der Waals surface area contributed by atoms with Crippen molar-refractivity contribution in [3.8, 4) is 0 Å². The van der Waals surface area contributed by atoms with E-state index in [-0.39, 0.29) is 17.7 Å². The second kappa shape index (κ2) is 4.83. The number of ether oxygens (including phenoxy) is 1. The predicted octanol–water partition coefficient (Wildman–Crippen LogP) is 2.28. The van der Waals surface area contributed by atoms with E-state index in [2.05, 4.69) is 27.0 Å². The van der Waals surface area contributed by atoms with Gasteiger partial charge in [-0.25, -0.2) is 0 Å². The molecule has 0 bridgehead atoms. The van der Waals surface area contributed by atoms with Crippen LogP contribution in [0, 0.1) is 0 Å². The molecule has 1 N–H and O–H groups in total. The zero-order valence-electron chi connectivity index (χ0n) is 11.5. The lowest BCUT2D eigenvalue weighted by molar-refractivity contribution is -0.135. The highest BCUT2D eigenvalue weighted by molar-refractivity contribution is 7.07. The van der Waals surface area contributed by atoms with E-state index in [0.717, 1.165) is 38.7 Å². The molecule has 108 valence electrons. The molecule has 2 atom stereocenters. The Balaban J connectivity index is 1.69. The summed E-state index contributed by atoms with van der Waals surface area (Å²) in [5, 5.41) is 7.92. The molecule has 1 spiro atoms. The van der Waals surface area contributed by atoms with Gasteiger partial charge in [0.2, 0.25) is 5.91 Å². The summed E-state index contributed by atoms with van der Waals surface area (Å²) in [5.41, 5.74) is 0.925. The van der Waals surface area contributed by atoms with Crippen LogP contribution in [-0.4, -0.2) is 35.6 Å². The van der Waals surface area contributed by atoms with Crippen molar-refractivity contribution in [2.75, 3.05) is 13.2 Å². The average molecular weight is 292 g/mol. The van der Waals surface area contributed by atoms with Crippen LogP contribution in [-0.2, 0) is 9.53 Å². The summed E-state index contributed by atoms with van der Waals surface area (Å²) >= 11 is 1.69. The van der Waals surface area contributed by atoms with E-state index in [4.69, 9.17) is 4.74 Å². The zero-order valence-corrected chi connectivity index (χ0v) is 12.3. The Kier molecular flexibility index (Phi) is 3.09. The Morgan fingerprint density at radius 3 is 2.90 bits per heavy atom. The van der Waals surface area contributed by atoms with Crippen LogP contribution in [0.4, 0.5) is 0 Å². The normalized spacial score (nSPS) is 32.6. The van der Waals surface area contributed by atoms with Gasteiger partial charge in [0, 0.05) is 6.61 Å². The number of hydrogen-bond donors (Lipinski definition) is 1. The highest BCUT2D eigenvalue weighted by Crippen LogP contribution is 2.42. The smallest absolute Gasteiger partial charge is 0.244 e. The van der Waals surface area contributed by atoms with Gasteiger partial charge in [0.05, 0.1) is 18.2 Å². The molecular weight excluding hydrogens is 272 g/mol. The largest absolute Gasteiger partial charge is 0.379 e. The monoisotopic (exact) mass is 292 g/mol. The number of thiophene rings is 1. The first-order valence-corrected chi connectivity index (χ1v) is 8.45. The van der Waals surface area contributed by atoms with Gasteiger partial charge < -0.3 is 9.64 Å². The number of carbonyl (C=O) groups excluding carboxylic acids is 1. The van der Waals surface area contributed by atoms with E-state index in [1.807, 2.05) is 0 Å². The summed E-state index contributed by atoms with van der Waals surface area (Å²) in [6.45, 7) is 1.46. The zero-order chi connectivity index (χ0) is 13.6. The molecule has 3 aliphatic rings.